The number of aliphatic carboxylic acids is 1. The lowest BCUT2D eigenvalue weighted by molar-refractivity contribution is -0.141. The van der Waals surface area contributed by atoms with Crippen LogP contribution in [-0.4, -0.2) is 66.1 Å². The molecule has 7 nitrogen and oxygen atoms in total. The Labute approximate surface area is 116 Å². The Morgan fingerprint density at radius 1 is 1.47 bits per heavy atom. The number of hydrogen-bond acceptors (Lipinski definition) is 5. The highest BCUT2D eigenvalue weighted by molar-refractivity contribution is 8.00. The van der Waals surface area contributed by atoms with Gasteiger partial charge in [0.05, 0.1) is 11.1 Å². The van der Waals surface area contributed by atoms with E-state index in [9.17, 15) is 18.0 Å². The molecular weight excluding hydrogens is 292 g/mol. The molecule has 1 aliphatic heterocycles. The first-order valence-corrected chi connectivity index (χ1v) is 8.95. The van der Waals surface area contributed by atoms with Crippen LogP contribution >= 0.6 is 11.8 Å². The van der Waals surface area contributed by atoms with Crippen molar-refractivity contribution in [1.29, 1.82) is 0 Å². The Kier molecular flexibility index (Phi) is 5.48. The van der Waals surface area contributed by atoms with E-state index in [1.165, 1.54) is 16.7 Å². The molecule has 0 radical (unpaired) electrons. The number of hydrogen-bond donors (Lipinski definition) is 2. The Morgan fingerprint density at radius 3 is 2.58 bits per heavy atom. The Hall–Kier alpha value is -0.960. The molecule has 0 aromatic rings. The lowest BCUT2D eigenvalue weighted by Crippen LogP contribution is -2.50. The number of carboxylic acids is 1. The van der Waals surface area contributed by atoms with Gasteiger partial charge in [0.25, 0.3) is 0 Å². The van der Waals surface area contributed by atoms with Crippen LogP contribution in [0.2, 0.25) is 0 Å². The molecule has 2 atom stereocenters. The minimum absolute atomic E-state index is 0.0123. The third-order valence-corrected chi connectivity index (χ3v) is 5.11. The van der Waals surface area contributed by atoms with Crippen molar-refractivity contribution in [2.75, 3.05) is 24.3 Å². The molecule has 0 bridgehead atoms. The second-order valence-corrected chi connectivity index (χ2v) is 7.79. The van der Waals surface area contributed by atoms with Crippen molar-refractivity contribution in [3.63, 3.8) is 0 Å². The minimum atomic E-state index is -3.15. The maximum Gasteiger partial charge on any atom is 0.327 e. The number of amides is 2. The summed E-state index contributed by atoms with van der Waals surface area (Å²) in [5, 5.41) is 11.3. The van der Waals surface area contributed by atoms with Gasteiger partial charge in [0.1, 0.15) is 15.9 Å². The van der Waals surface area contributed by atoms with Crippen molar-refractivity contribution in [1.82, 2.24) is 10.2 Å². The van der Waals surface area contributed by atoms with Crippen LogP contribution in [0.3, 0.4) is 0 Å². The molecule has 1 rings (SSSR count). The largest absolute Gasteiger partial charge is 0.480 e. The standard InChI is InChI=1S/C10H18N2O5S2/c1-3-8-12(7(6-18-8)9(13)14)10(15)11-4-5-19(2,16)17/h7-8H,3-6H2,1-2H3,(H,11,15)(H,13,14). The van der Waals surface area contributed by atoms with Gasteiger partial charge >= 0.3 is 12.0 Å². The predicted octanol–water partition coefficient (Wildman–Crippen LogP) is -0.0213. The highest BCUT2D eigenvalue weighted by Gasteiger charge is 2.40. The van der Waals surface area contributed by atoms with Crippen molar-refractivity contribution >= 4 is 33.6 Å². The van der Waals surface area contributed by atoms with E-state index in [0.717, 1.165) is 6.26 Å². The van der Waals surface area contributed by atoms with Crippen LogP contribution in [0.25, 0.3) is 0 Å². The highest BCUT2D eigenvalue weighted by Crippen LogP contribution is 2.31. The summed E-state index contributed by atoms with van der Waals surface area (Å²) < 4.78 is 21.9. The number of carboxylic acid groups (broad SMARTS) is 1. The van der Waals surface area contributed by atoms with E-state index in [1.807, 2.05) is 6.92 Å². The second-order valence-electron chi connectivity index (χ2n) is 4.32. The topological polar surface area (TPSA) is 104 Å². The number of thioether (sulfide) groups is 1. The van der Waals surface area contributed by atoms with Crippen molar-refractivity contribution in [3.05, 3.63) is 0 Å². The van der Waals surface area contributed by atoms with E-state index in [1.54, 1.807) is 0 Å². The Bertz CT molecular complexity index is 451. The van der Waals surface area contributed by atoms with E-state index in [0.29, 0.717) is 12.2 Å². The first-order valence-electron chi connectivity index (χ1n) is 5.84. The molecule has 9 heteroatoms. The van der Waals surface area contributed by atoms with E-state index < -0.39 is 27.9 Å². The Morgan fingerprint density at radius 2 is 2.11 bits per heavy atom. The van der Waals surface area contributed by atoms with Gasteiger partial charge in [0, 0.05) is 18.6 Å². The molecule has 0 aromatic carbocycles. The summed E-state index contributed by atoms with van der Waals surface area (Å²) in [6, 6.07) is -1.37. The Balaban J connectivity index is 2.63. The summed E-state index contributed by atoms with van der Waals surface area (Å²) in [6.07, 6.45) is 1.73. The number of urea groups is 1. The van der Waals surface area contributed by atoms with E-state index >= 15 is 0 Å². The maximum atomic E-state index is 12.0. The number of rotatable bonds is 5. The minimum Gasteiger partial charge on any atom is -0.480 e. The SMILES string of the molecule is CCC1SCC(C(=O)O)N1C(=O)NCCS(C)(=O)=O. The normalized spacial score (nSPS) is 23.4. The zero-order valence-electron chi connectivity index (χ0n) is 10.8. The van der Waals surface area contributed by atoms with Crippen molar-refractivity contribution in [2.45, 2.75) is 24.8 Å². The fraction of sp³-hybridized carbons (Fsp3) is 0.800. The van der Waals surface area contributed by atoms with Crippen LogP contribution in [0.4, 0.5) is 4.79 Å². The lowest BCUT2D eigenvalue weighted by atomic mass is 10.3. The van der Waals surface area contributed by atoms with Crippen LogP contribution in [0.5, 0.6) is 0 Å². The maximum absolute atomic E-state index is 12.0. The molecule has 2 amide bonds. The fourth-order valence-electron chi connectivity index (χ4n) is 1.78. The molecule has 1 fully saturated rings. The summed E-state index contributed by atoms with van der Waals surface area (Å²) >= 11 is 1.42. The van der Waals surface area contributed by atoms with E-state index in [-0.39, 0.29) is 17.7 Å². The zero-order valence-corrected chi connectivity index (χ0v) is 12.5. The number of nitrogens with one attached hydrogen (secondary N) is 1. The highest BCUT2D eigenvalue weighted by atomic mass is 32.2. The molecule has 19 heavy (non-hydrogen) atoms. The summed E-state index contributed by atoms with van der Waals surface area (Å²) in [7, 11) is -3.15. The monoisotopic (exact) mass is 310 g/mol. The molecule has 1 heterocycles. The van der Waals surface area contributed by atoms with Crippen LogP contribution in [0, 0.1) is 0 Å². The fourth-order valence-corrected chi connectivity index (χ4v) is 3.59. The van der Waals surface area contributed by atoms with Gasteiger partial charge in [-0.1, -0.05) is 6.92 Å². The van der Waals surface area contributed by atoms with Gasteiger partial charge in [-0.3, -0.25) is 4.90 Å². The van der Waals surface area contributed by atoms with Gasteiger partial charge in [-0.2, -0.15) is 0 Å². The average Bonchev–Trinajstić information content (AvgIpc) is 2.70. The number of nitrogens with zero attached hydrogens (tertiary/aromatic N) is 1. The summed E-state index contributed by atoms with van der Waals surface area (Å²) in [5.74, 6) is -0.844. The lowest BCUT2D eigenvalue weighted by Gasteiger charge is -2.26. The van der Waals surface area contributed by atoms with Crippen LogP contribution in [0.15, 0.2) is 0 Å². The summed E-state index contributed by atoms with van der Waals surface area (Å²) in [4.78, 5) is 24.3. The molecule has 0 spiro atoms. The van der Waals surface area contributed by atoms with E-state index in [2.05, 4.69) is 5.32 Å². The van der Waals surface area contributed by atoms with Crippen molar-refractivity contribution in [2.24, 2.45) is 0 Å². The third-order valence-electron chi connectivity index (χ3n) is 2.71. The molecule has 1 saturated heterocycles. The van der Waals surface area contributed by atoms with Gasteiger partial charge in [-0.15, -0.1) is 11.8 Å². The molecule has 2 unspecified atom stereocenters. The first kappa shape index (κ1) is 16.1. The molecule has 1 aliphatic rings. The van der Waals surface area contributed by atoms with Gasteiger partial charge in [0.15, 0.2) is 0 Å². The summed E-state index contributed by atoms with van der Waals surface area (Å²) in [5.41, 5.74) is 0. The smallest absolute Gasteiger partial charge is 0.327 e. The van der Waals surface area contributed by atoms with Gasteiger partial charge < -0.3 is 10.4 Å². The van der Waals surface area contributed by atoms with Crippen molar-refractivity contribution in [3.8, 4) is 0 Å². The van der Waals surface area contributed by atoms with Crippen LogP contribution < -0.4 is 5.32 Å². The van der Waals surface area contributed by atoms with Gasteiger partial charge in [-0.25, -0.2) is 18.0 Å². The molecule has 0 saturated carbocycles. The molecule has 2 N–H and O–H groups in total. The second kappa shape index (κ2) is 6.47. The molecule has 110 valence electrons. The number of carbonyl (C=O) groups excluding carboxylic acids is 1. The van der Waals surface area contributed by atoms with Crippen LogP contribution in [-0.2, 0) is 14.6 Å². The van der Waals surface area contributed by atoms with E-state index in [4.69, 9.17) is 5.11 Å². The predicted molar refractivity (Wildman–Crippen MR) is 72.9 cm³/mol. The number of carbonyl (C=O) groups is 2. The average molecular weight is 310 g/mol. The van der Waals surface area contributed by atoms with Gasteiger partial charge in [0.2, 0.25) is 0 Å². The quantitative estimate of drug-likeness (QED) is 0.739. The van der Waals surface area contributed by atoms with Gasteiger partial charge in [-0.05, 0) is 6.42 Å². The zero-order chi connectivity index (χ0) is 14.6. The third kappa shape index (κ3) is 4.57. The molecule has 0 aliphatic carbocycles. The summed E-state index contributed by atoms with van der Waals surface area (Å²) in [6.45, 7) is 1.86. The first-order chi connectivity index (χ1) is 8.76. The number of sulfone groups is 1. The van der Waals surface area contributed by atoms with Crippen molar-refractivity contribution < 1.29 is 23.1 Å². The molecular formula is C10H18N2O5S2. The molecule has 0 aromatic heterocycles. The van der Waals surface area contributed by atoms with Crippen LogP contribution in [0.1, 0.15) is 13.3 Å².